The summed E-state index contributed by atoms with van der Waals surface area (Å²) in [5, 5.41) is 1.98. The number of benzene rings is 2. The standard InChI is InChI=1S/C20H20N2O2S/c1-4-24-19-10-9-15(13(2)23)11-16(19)12-25-20-17-7-5-6-8-18(17)21-14(3)22-20/h5-11H,4,12H2,1-3H3. The van der Waals surface area contributed by atoms with Crippen molar-refractivity contribution in [3.05, 3.63) is 59.4 Å². The number of hydrogen-bond acceptors (Lipinski definition) is 5. The van der Waals surface area contributed by atoms with Crippen molar-refractivity contribution < 1.29 is 9.53 Å². The number of carbonyl (C=O) groups is 1. The van der Waals surface area contributed by atoms with Crippen molar-refractivity contribution in [1.29, 1.82) is 0 Å². The molecule has 1 heterocycles. The molecule has 25 heavy (non-hydrogen) atoms. The van der Waals surface area contributed by atoms with Gasteiger partial charge in [-0.05, 0) is 45.0 Å². The molecule has 0 aliphatic rings. The van der Waals surface area contributed by atoms with Gasteiger partial charge in [-0.25, -0.2) is 9.97 Å². The van der Waals surface area contributed by atoms with E-state index in [4.69, 9.17) is 4.74 Å². The first kappa shape index (κ1) is 17.4. The van der Waals surface area contributed by atoms with Gasteiger partial charge in [-0.3, -0.25) is 4.79 Å². The molecule has 0 saturated heterocycles. The van der Waals surface area contributed by atoms with Crippen molar-refractivity contribution in [2.24, 2.45) is 0 Å². The third-order valence-electron chi connectivity index (χ3n) is 3.81. The van der Waals surface area contributed by atoms with Crippen LogP contribution in [-0.2, 0) is 5.75 Å². The van der Waals surface area contributed by atoms with Gasteiger partial charge < -0.3 is 4.74 Å². The maximum atomic E-state index is 11.7. The van der Waals surface area contributed by atoms with Crippen molar-refractivity contribution in [3.8, 4) is 5.75 Å². The number of aryl methyl sites for hydroxylation is 1. The molecule has 0 aliphatic heterocycles. The molecule has 2 aromatic carbocycles. The van der Waals surface area contributed by atoms with Crippen molar-refractivity contribution >= 4 is 28.4 Å². The SMILES string of the molecule is CCOc1ccc(C(C)=O)cc1CSc1nc(C)nc2ccccc12. The largest absolute Gasteiger partial charge is 0.494 e. The van der Waals surface area contributed by atoms with Crippen LogP contribution in [0.1, 0.15) is 35.6 Å². The van der Waals surface area contributed by atoms with Crippen LogP contribution in [0, 0.1) is 6.92 Å². The van der Waals surface area contributed by atoms with Gasteiger partial charge in [-0.1, -0.05) is 18.2 Å². The fourth-order valence-electron chi connectivity index (χ4n) is 2.62. The molecule has 5 heteroatoms. The minimum Gasteiger partial charge on any atom is -0.494 e. The van der Waals surface area contributed by atoms with Crippen LogP contribution in [0.5, 0.6) is 5.75 Å². The van der Waals surface area contributed by atoms with E-state index in [1.165, 1.54) is 0 Å². The van der Waals surface area contributed by atoms with Gasteiger partial charge in [0, 0.05) is 22.3 Å². The first-order valence-electron chi connectivity index (χ1n) is 8.21. The van der Waals surface area contributed by atoms with Gasteiger partial charge in [0.15, 0.2) is 5.78 Å². The number of para-hydroxylation sites is 1. The summed E-state index contributed by atoms with van der Waals surface area (Å²) in [5.74, 6) is 2.30. The van der Waals surface area contributed by atoms with Gasteiger partial charge in [0.25, 0.3) is 0 Å². The van der Waals surface area contributed by atoms with Crippen LogP contribution in [0.4, 0.5) is 0 Å². The van der Waals surface area contributed by atoms with Crippen LogP contribution in [0.3, 0.4) is 0 Å². The summed E-state index contributed by atoms with van der Waals surface area (Å²) in [5.41, 5.74) is 2.64. The quantitative estimate of drug-likeness (QED) is 0.361. The second-order valence-electron chi connectivity index (χ2n) is 5.69. The molecule has 0 spiro atoms. The molecule has 0 bridgehead atoms. The Labute approximate surface area is 151 Å². The number of carbonyl (C=O) groups excluding carboxylic acids is 1. The Morgan fingerprint density at radius 2 is 1.96 bits per heavy atom. The zero-order valence-electron chi connectivity index (χ0n) is 14.6. The summed E-state index contributed by atoms with van der Waals surface area (Å²) in [7, 11) is 0. The van der Waals surface area contributed by atoms with Crippen LogP contribution in [0.25, 0.3) is 10.9 Å². The van der Waals surface area contributed by atoms with E-state index in [0.29, 0.717) is 17.9 Å². The van der Waals surface area contributed by atoms with Gasteiger partial charge in [-0.15, -0.1) is 11.8 Å². The van der Waals surface area contributed by atoms with Crippen molar-refractivity contribution in [1.82, 2.24) is 9.97 Å². The molecule has 0 saturated carbocycles. The zero-order valence-corrected chi connectivity index (χ0v) is 15.4. The minimum atomic E-state index is 0.0534. The van der Waals surface area contributed by atoms with Gasteiger partial charge in [0.05, 0.1) is 12.1 Å². The molecule has 4 nitrogen and oxygen atoms in total. The molecule has 0 fully saturated rings. The molecule has 0 atom stereocenters. The molecule has 0 radical (unpaired) electrons. The number of ether oxygens (including phenoxy) is 1. The lowest BCUT2D eigenvalue weighted by molar-refractivity contribution is 0.101. The Balaban J connectivity index is 1.93. The number of aromatic nitrogens is 2. The number of thioether (sulfide) groups is 1. The van der Waals surface area contributed by atoms with E-state index in [0.717, 1.165) is 33.1 Å². The highest BCUT2D eigenvalue weighted by Crippen LogP contribution is 2.31. The molecular formula is C20H20N2O2S. The summed E-state index contributed by atoms with van der Waals surface area (Å²) in [6.07, 6.45) is 0. The highest BCUT2D eigenvalue weighted by Gasteiger charge is 2.11. The lowest BCUT2D eigenvalue weighted by atomic mass is 10.1. The number of hydrogen-bond donors (Lipinski definition) is 0. The van der Waals surface area contributed by atoms with Crippen molar-refractivity contribution in [2.45, 2.75) is 31.6 Å². The third-order valence-corrected chi connectivity index (χ3v) is 4.85. The van der Waals surface area contributed by atoms with E-state index < -0.39 is 0 Å². The highest BCUT2D eigenvalue weighted by molar-refractivity contribution is 7.98. The van der Waals surface area contributed by atoms with E-state index in [1.54, 1.807) is 18.7 Å². The summed E-state index contributed by atoms with van der Waals surface area (Å²) in [6.45, 7) is 6.02. The van der Waals surface area contributed by atoms with E-state index >= 15 is 0 Å². The third kappa shape index (κ3) is 3.99. The average molecular weight is 352 g/mol. The zero-order chi connectivity index (χ0) is 17.8. The van der Waals surface area contributed by atoms with Crippen LogP contribution in [0.15, 0.2) is 47.5 Å². The molecule has 3 rings (SSSR count). The number of Topliss-reactive ketones (excluding diaryl/α,β-unsaturated/α-hetero) is 1. The first-order chi connectivity index (χ1) is 12.1. The fourth-order valence-corrected chi connectivity index (χ4v) is 3.66. The lowest BCUT2D eigenvalue weighted by Crippen LogP contribution is -2.00. The Morgan fingerprint density at radius 3 is 2.72 bits per heavy atom. The number of ketones is 1. The Bertz CT molecular complexity index is 925. The van der Waals surface area contributed by atoms with Crippen LogP contribution < -0.4 is 4.74 Å². The van der Waals surface area contributed by atoms with Gasteiger partial charge in [-0.2, -0.15) is 0 Å². The number of rotatable bonds is 6. The van der Waals surface area contributed by atoms with E-state index in [1.807, 2.05) is 56.3 Å². The number of fused-ring (bicyclic) bond motifs is 1. The molecule has 0 amide bonds. The first-order valence-corrected chi connectivity index (χ1v) is 9.20. The maximum Gasteiger partial charge on any atom is 0.159 e. The Hall–Kier alpha value is -2.40. The molecule has 3 aromatic rings. The molecule has 1 aromatic heterocycles. The van der Waals surface area contributed by atoms with Gasteiger partial charge >= 0.3 is 0 Å². The number of nitrogens with zero attached hydrogens (tertiary/aromatic N) is 2. The fraction of sp³-hybridized carbons (Fsp3) is 0.250. The molecule has 128 valence electrons. The topological polar surface area (TPSA) is 52.1 Å². The predicted octanol–water partition coefficient (Wildman–Crippen LogP) is 4.83. The molecule has 0 aliphatic carbocycles. The highest BCUT2D eigenvalue weighted by atomic mass is 32.2. The summed E-state index contributed by atoms with van der Waals surface area (Å²) < 4.78 is 5.71. The smallest absolute Gasteiger partial charge is 0.159 e. The van der Waals surface area contributed by atoms with Crippen molar-refractivity contribution in [2.75, 3.05) is 6.61 Å². The second kappa shape index (κ2) is 7.66. The molecular weight excluding hydrogens is 332 g/mol. The van der Waals surface area contributed by atoms with Gasteiger partial charge in [0.1, 0.15) is 16.6 Å². The monoisotopic (exact) mass is 352 g/mol. The molecule has 0 unspecified atom stereocenters. The summed E-state index contributed by atoms with van der Waals surface area (Å²) in [4.78, 5) is 20.8. The van der Waals surface area contributed by atoms with Crippen LogP contribution in [0.2, 0.25) is 0 Å². The summed E-state index contributed by atoms with van der Waals surface area (Å²) in [6, 6.07) is 13.6. The van der Waals surface area contributed by atoms with Crippen LogP contribution >= 0.6 is 11.8 Å². The minimum absolute atomic E-state index is 0.0534. The van der Waals surface area contributed by atoms with Gasteiger partial charge in [0.2, 0.25) is 0 Å². The predicted molar refractivity (Wildman–Crippen MR) is 101 cm³/mol. The maximum absolute atomic E-state index is 11.7. The van der Waals surface area contributed by atoms with E-state index in [2.05, 4.69) is 9.97 Å². The molecule has 0 N–H and O–H groups in total. The summed E-state index contributed by atoms with van der Waals surface area (Å²) >= 11 is 1.64. The van der Waals surface area contributed by atoms with Crippen molar-refractivity contribution in [3.63, 3.8) is 0 Å². The van der Waals surface area contributed by atoms with Crippen LogP contribution in [-0.4, -0.2) is 22.4 Å². The Morgan fingerprint density at radius 1 is 1.16 bits per heavy atom. The Kier molecular flexibility index (Phi) is 5.34. The van der Waals surface area contributed by atoms with E-state index in [9.17, 15) is 4.79 Å². The van der Waals surface area contributed by atoms with E-state index in [-0.39, 0.29) is 5.78 Å². The average Bonchev–Trinajstić information content (AvgIpc) is 2.60. The second-order valence-corrected chi connectivity index (χ2v) is 6.66. The normalized spacial score (nSPS) is 10.8. The lowest BCUT2D eigenvalue weighted by Gasteiger charge is -2.12.